The molecule has 0 aliphatic heterocycles. The molecule has 0 saturated carbocycles. The third kappa shape index (κ3) is 1.81. The highest BCUT2D eigenvalue weighted by molar-refractivity contribution is 6.00. The lowest BCUT2D eigenvalue weighted by atomic mass is 10.3. The highest BCUT2D eigenvalue weighted by Gasteiger charge is 2.15. The molecule has 16 heavy (non-hydrogen) atoms. The Balaban J connectivity index is 2.44. The molecule has 2 rings (SSSR count). The Morgan fingerprint density at radius 3 is 2.69 bits per heavy atom. The second-order valence-electron chi connectivity index (χ2n) is 2.92. The van der Waals surface area contributed by atoms with Crippen LogP contribution in [0.15, 0.2) is 49.3 Å². The van der Waals surface area contributed by atoms with Crippen molar-refractivity contribution < 1.29 is 4.79 Å². The highest BCUT2D eigenvalue weighted by atomic mass is 16.2. The second kappa shape index (κ2) is 4.35. The van der Waals surface area contributed by atoms with Crippen molar-refractivity contribution >= 4 is 11.6 Å². The summed E-state index contributed by atoms with van der Waals surface area (Å²) in [5.74, 6) is -0.307. The molecule has 0 radical (unpaired) electrons. The monoisotopic (exact) mass is 215 g/mol. The van der Waals surface area contributed by atoms with Crippen LogP contribution in [-0.4, -0.2) is 26.2 Å². The first kappa shape index (κ1) is 10.0. The summed E-state index contributed by atoms with van der Waals surface area (Å²) in [5, 5.41) is 12.0. The quantitative estimate of drug-likeness (QED) is 0.705. The molecule has 1 aromatic heterocycles. The average molecular weight is 215 g/mol. The molecule has 0 N–H and O–H groups in total. The molecular formula is C10H9N5O. The lowest BCUT2D eigenvalue weighted by Gasteiger charge is -2.18. The van der Waals surface area contributed by atoms with E-state index < -0.39 is 0 Å². The molecule has 0 aliphatic carbocycles. The summed E-state index contributed by atoms with van der Waals surface area (Å²) in [6.45, 7) is 3.44. The summed E-state index contributed by atoms with van der Waals surface area (Å²) in [5.41, 5.74) is 0.666. The van der Waals surface area contributed by atoms with Gasteiger partial charge in [0, 0.05) is 0 Å². The van der Waals surface area contributed by atoms with Gasteiger partial charge in [-0.15, -0.1) is 9.89 Å². The third-order valence-electron chi connectivity index (χ3n) is 1.93. The molecular weight excluding hydrogens is 206 g/mol. The summed E-state index contributed by atoms with van der Waals surface area (Å²) in [6, 6.07) is 9.07. The fraction of sp³-hybridized carbons (Fsp3) is 0. The Kier molecular flexibility index (Phi) is 2.73. The van der Waals surface area contributed by atoms with Gasteiger partial charge in [-0.05, 0) is 28.6 Å². The minimum atomic E-state index is -0.307. The predicted molar refractivity (Wildman–Crippen MR) is 57.3 cm³/mol. The summed E-state index contributed by atoms with van der Waals surface area (Å²) >= 11 is 0. The zero-order valence-electron chi connectivity index (χ0n) is 8.39. The molecule has 2 aromatic rings. The zero-order chi connectivity index (χ0) is 11.4. The second-order valence-corrected chi connectivity index (χ2v) is 2.92. The number of tetrazole rings is 1. The number of amides is 1. The first-order chi connectivity index (χ1) is 7.83. The van der Waals surface area contributed by atoms with Gasteiger partial charge in [-0.2, -0.15) is 5.01 Å². The van der Waals surface area contributed by atoms with Crippen LogP contribution in [0.25, 0.3) is 0 Å². The van der Waals surface area contributed by atoms with Crippen LogP contribution in [0.1, 0.15) is 0 Å². The largest absolute Gasteiger partial charge is 0.270 e. The van der Waals surface area contributed by atoms with Crippen molar-refractivity contribution in [3.8, 4) is 0 Å². The van der Waals surface area contributed by atoms with Crippen molar-refractivity contribution in [2.24, 2.45) is 0 Å². The van der Waals surface area contributed by atoms with Gasteiger partial charge in [0.25, 0.3) is 5.91 Å². The van der Waals surface area contributed by atoms with Gasteiger partial charge in [0.05, 0.1) is 5.69 Å². The number of hydrogen-bond donors (Lipinski definition) is 0. The first-order valence-corrected chi connectivity index (χ1v) is 4.58. The molecule has 0 bridgehead atoms. The van der Waals surface area contributed by atoms with Gasteiger partial charge in [0.1, 0.15) is 0 Å². The van der Waals surface area contributed by atoms with E-state index in [1.54, 1.807) is 12.1 Å². The smallest absolute Gasteiger partial charge is 0.267 e. The van der Waals surface area contributed by atoms with E-state index in [9.17, 15) is 4.79 Å². The van der Waals surface area contributed by atoms with Gasteiger partial charge in [-0.3, -0.25) is 4.79 Å². The molecule has 1 amide bonds. The van der Waals surface area contributed by atoms with Crippen LogP contribution in [-0.2, 0) is 4.79 Å². The predicted octanol–water partition coefficient (Wildman–Crippen LogP) is 0.655. The fourth-order valence-corrected chi connectivity index (χ4v) is 1.25. The number of aromatic nitrogens is 4. The van der Waals surface area contributed by atoms with Gasteiger partial charge in [-0.25, -0.2) is 0 Å². The Hall–Kier alpha value is -2.50. The molecule has 80 valence electrons. The third-order valence-corrected chi connectivity index (χ3v) is 1.93. The Labute approximate surface area is 91.8 Å². The number of nitrogens with zero attached hydrogens (tertiary/aromatic N) is 5. The van der Waals surface area contributed by atoms with Crippen LogP contribution in [0, 0.1) is 0 Å². The number of hydrogen-bond acceptors (Lipinski definition) is 4. The number of para-hydroxylation sites is 1. The molecule has 0 saturated heterocycles. The number of carbonyl (C=O) groups excluding carboxylic acids is 1. The molecule has 6 nitrogen and oxygen atoms in total. The van der Waals surface area contributed by atoms with Crippen LogP contribution in [0.3, 0.4) is 0 Å². The van der Waals surface area contributed by atoms with E-state index in [0.29, 0.717) is 5.69 Å². The molecule has 0 aliphatic rings. The topological polar surface area (TPSA) is 63.9 Å². The van der Waals surface area contributed by atoms with Crippen LogP contribution < -0.4 is 5.01 Å². The van der Waals surface area contributed by atoms with Gasteiger partial charge in [-0.1, -0.05) is 24.8 Å². The van der Waals surface area contributed by atoms with E-state index in [1.165, 1.54) is 22.2 Å². The van der Waals surface area contributed by atoms with Crippen LogP contribution >= 0.6 is 0 Å². The first-order valence-electron chi connectivity index (χ1n) is 4.58. The molecule has 0 unspecified atom stereocenters. The maximum absolute atomic E-state index is 11.7. The van der Waals surface area contributed by atoms with Crippen LogP contribution in [0.2, 0.25) is 0 Å². The SMILES string of the molecule is C=CC(=O)N(c1ccccc1)n1cnnn1. The molecule has 0 atom stereocenters. The van der Waals surface area contributed by atoms with Crippen molar-refractivity contribution in [1.82, 2.24) is 20.3 Å². The summed E-state index contributed by atoms with van der Waals surface area (Å²) in [4.78, 5) is 13.0. The normalized spacial score (nSPS) is 9.75. The average Bonchev–Trinajstić information content (AvgIpc) is 2.84. The maximum Gasteiger partial charge on any atom is 0.270 e. The Bertz CT molecular complexity index is 479. The fourth-order valence-electron chi connectivity index (χ4n) is 1.25. The Morgan fingerprint density at radius 2 is 2.12 bits per heavy atom. The highest BCUT2D eigenvalue weighted by Crippen LogP contribution is 2.13. The van der Waals surface area contributed by atoms with Crippen molar-refractivity contribution in [3.05, 3.63) is 49.3 Å². The lowest BCUT2D eigenvalue weighted by Crippen LogP contribution is -2.35. The van der Waals surface area contributed by atoms with Crippen molar-refractivity contribution in [3.63, 3.8) is 0 Å². The minimum absolute atomic E-state index is 0.307. The number of carbonyl (C=O) groups is 1. The van der Waals surface area contributed by atoms with Crippen molar-refractivity contribution in [2.75, 3.05) is 5.01 Å². The molecule has 6 heteroatoms. The zero-order valence-corrected chi connectivity index (χ0v) is 8.39. The van der Waals surface area contributed by atoms with Gasteiger partial charge in [0.15, 0.2) is 6.33 Å². The molecule has 0 fully saturated rings. The van der Waals surface area contributed by atoms with E-state index in [4.69, 9.17) is 0 Å². The van der Waals surface area contributed by atoms with E-state index >= 15 is 0 Å². The number of anilines is 1. The number of benzene rings is 1. The van der Waals surface area contributed by atoms with Gasteiger partial charge in [0.2, 0.25) is 0 Å². The van der Waals surface area contributed by atoms with E-state index in [-0.39, 0.29) is 5.91 Å². The van der Waals surface area contributed by atoms with E-state index in [2.05, 4.69) is 22.1 Å². The minimum Gasteiger partial charge on any atom is -0.267 e. The van der Waals surface area contributed by atoms with E-state index in [1.807, 2.05) is 18.2 Å². The van der Waals surface area contributed by atoms with Gasteiger partial charge < -0.3 is 0 Å². The molecule has 1 aromatic carbocycles. The number of rotatable bonds is 3. The Morgan fingerprint density at radius 1 is 1.38 bits per heavy atom. The summed E-state index contributed by atoms with van der Waals surface area (Å²) in [6.07, 6.45) is 2.54. The maximum atomic E-state index is 11.7. The summed E-state index contributed by atoms with van der Waals surface area (Å²) < 4.78 is 0. The molecule has 1 heterocycles. The van der Waals surface area contributed by atoms with E-state index in [0.717, 1.165) is 0 Å². The van der Waals surface area contributed by atoms with Crippen molar-refractivity contribution in [2.45, 2.75) is 0 Å². The molecule has 0 spiro atoms. The summed E-state index contributed by atoms with van der Waals surface area (Å²) in [7, 11) is 0. The lowest BCUT2D eigenvalue weighted by molar-refractivity contribution is -0.114. The van der Waals surface area contributed by atoms with Crippen LogP contribution in [0.4, 0.5) is 5.69 Å². The van der Waals surface area contributed by atoms with Crippen molar-refractivity contribution in [1.29, 1.82) is 0 Å². The van der Waals surface area contributed by atoms with Crippen LogP contribution in [0.5, 0.6) is 0 Å². The standard InChI is InChI=1S/C10H9N5O/c1-2-10(16)15(14-8-11-12-13-14)9-6-4-3-5-7-9/h2-8H,1H2. The van der Waals surface area contributed by atoms with Gasteiger partial charge >= 0.3 is 0 Å².